The number of likely N-dealkylation sites (N-methyl/N-ethyl adjacent to an activating group) is 1. The summed E-state index contributed by atoms with van der Waals surface area (Å²) in [4.78, 5) is 2.41. The molecule has 0 aliphatic carbocycles. The molecule has 0 saturated heterocycles. The lowest BCUT2D eigenvalue weighted by molar-refractivity contribution is 0.305. The Morgan fingerprint density at radius 3 is 2.08 bits per heavy atom. The highest BCUT2D eigenvalue weighted by Gasteiger charge is 2.09. The van der Waals surface area contributed by atoms with Crippen LogP contribution in [-0.2, 0) is 0 Å². The number of hydrogen-bond acceptors (Lipinski definition) is 1. The van der Waals surface area contributed by atoms with Crippen LogP contribution in [0.4, 0.5) is 0 Å². The third-order valence-electron chi connectivity index (χ3n) is 2.11. The lowest BCUT2D eigenvalue weighted by Crippen LogP contribution is -2.29. The van der Waals surface area contributed by atoms with Crippen LogP contribution in [-0.4, -0.2) is 17.5 Å². The van der Waals surface area contributed by atoms with E-state index >= 15 is 0 Å². The van der Waals surface area contributed by atoms with Gasteiger partial charge in [0.05, 0.1) is 0 Å². The van der Waals surface area contributed by atoms with Gasteiger partial charge in [0.2, 0.25) is 0 Å². The van der Waals surface area contributed by atoms with Gasteiger partial charge in [-0.25, -0.2) is 0 Å². The van der Waals surface area contributed by atoms with Crippen LogP contribution >= 0.6 is 0 Å². The van der Waals surface area contributed by atoms with E-state index in [4.69, 9.17) is 0 Å². The average molecular weight is 181 g/mol. The molecule has 0 aliphatic heterocycles. The fraction of sp³-hybridized carbons (Fsp3) is 0.667. The van der Waals surface area contributed by atoms with Crippen LogP contribution in [0, 0.1) is 0 Å². The zero-order valence-corrected chi connectivity index (χ0v) is 9.89. The van der Waals surface area contributed by atoms with E-state index in [9.17, 15) is 0 Å². The van der Waals surface area contributed by atoms with Crippen molar-refractivity contribution in [3.8, 4) is 0 Å². The Labute approximate surface area is 83.1 Å². The summed E-state index contributed by atoms with van der Waals surface area (Å²) < 4.78 is 0. The largest absolute Gasteiger partial charge is 0.369 e. The molecule has 0 aromatic rings. The molecular weight excluding hydrogens is 158 g/mol. The molecule has 0 aromatic heterocycles. The lowest BCUT2D eigenvalue weighted by Gasteiger charge is -2.29. The number of nitrogens with zero attached hydrogens (tertiary/aromatic N) is 1. The lowest BCUT2D eigenvalue weighted by atomic mass is 10.2. The van der Waals surface area contributed by atoms with Crippen LogP contribution in [0.3, 0.4) is 0 Å². The Morgan fingerprint density at radius 1 is 1.31 bits per heavy atom. The van der Waals surface area contributed by atoms with Gasteiger partial charge in [0.25, 0.3) is 0 Å². The first-order valence-corrected chi connectivity index (χ1v) is 5.11. The quantitative estimate of drug-likeness (QED) is 0.599. The van der Waals surface area contributed by atoms with Crippen LogP contribution in [0.15, 0.2) is 23.4 Å². The fourth-order valence-corrected chi connectivity index (χ4v) is 1.52. The average Bonchev–Trinajstić information content (AvgIpc) is 2.03. The highest BCUT2D eigenvalue weighted by atomic mass is 15.1. The highest BCUT2D eigenvalue weighted by molar-refractivity contribution is 5.22. The maximum Gasteiger partial charge on any atom is 0.0351 e. The van der Waals surface area contributed by atoms with Gasteiger partial charge in [-0.1, -0.05) is 11.6 Å². The summed E-state index contributed by atoms with van der Waals surface area (Å²) in [5.74, 6) is 0. The Kier molecular flexibility index (Phi) is 5.52. The van der Waals surface area contributed by atoms with Crippen molar-refractivity contribution in [3.63, 3.8) is 0 Å². The first kappa shape index (κ1) is 12.3. The van der Waals surface area contributed by atoms with Gasteiger partial charge in [-0.15, -0.1) is 0 Å². The van der Waals surface area contributed by atoms with Crippen molar-refractivity contribution in [1.82, 2.24) is 4.90 Å². The van der Waals surface area contributed by atoms with E-state index in [2.05, 4.69) is 58.6 Å². The molecule has 0 N–H and O–H groups in total. The molecule has 0 aliphatic rings. The third-order valence-corrected chi connectivity index (χ3v) is 2.11. The topological polar surface area (TPSA) is 3.24 Å². The van der Waals surface area contributed by atoms with Crippen molar-refractivity contribution in [1.29, 1.82) is 0 Å². The molecule has 0 atom stereocenters. The minimum absolute atomic E-state index is 0.575. The van der Waals surface area contributed by atoms with Crippen LogP contribution in [0.25, 0.3) is 0 Å². The van der Waals surface area contributed by atoms with Crippen molar-refractivity contribution >= 4 is 0 Å². The first-order valence-electron chi connectivity index (χ1n) is 5.11. The van der Waals surface area contributed by atoms with E-state index in [-0.39, 0.29) is 0 Å². The third kappa shape index (κ3) is 3.67. The van der Waals surface area contributed by atoms with Gasteiger partial charge >= 0.3 is 0 Å². The number of hydrogen-bond donors (Lipinski definition) is 0. The molecule has 0 spiro atoms. The van der Waals surface area contributed by atoms with E-state index in [1.54, 1.807) is 0 Å². The second-order valence-electron chi connectivity index (χ2n) is 3.77. The smallest absolute Gasteiger partial charge is 0.0351 e. The van der Waals surface area contributed by atoms with E-state index < -0.39 is 0 Å². The standard InChI is InChI=1S/C12H23N/c1-7-9-12(10(3)4)13(8-2)11(5)6/h7,9,11H,8H2,1-6H3/b9-7-. The summed E-state index contributed by atoms with van der Waals surface area (Å²) in [5, 5.41) is 0. The summed E-state index contributed by atoms with van der Waals surface area (Å²) in [6.07, 6.45) is 4.30. The van der Waals surface area contributed by atoms with E-state index in [0.29, 0.717) is 6.04 Å². The summed E-state index contributed by atoms with van der Waals surface area (Å²) in [6.45, 7) is 14.1. The molecule has 1 nitrogen and oxygen atoms in total. The van der Waals surface area contributed by atoms with Gasteiger partial charge in [0.1, 0.15) is 0 Å². The second-order valence-corrected chi connectivity index (χ2v) is 3.77. The normalized spacial score (nSPS) is 11.0. The predicted octanol–water partition coefficient (Wildman–Crippen LogP) is 3.59. The highest BCUT2D eigenvalue weighted by Crippen LogP contribution is 2.14. The molecule has 0 bridgehead atoms. The molecular formula is C12H23N. The van der Waals surface area contributed by atoms with Crippen molar-refractivity contribution in [2.75, 3.05) is 6.54 Å². The van der Waals surface area contributed by atoms with Gasteiger partial charge in [-0.2, -0.15) is 0 Å². The Balaban J connectivity index is 4.82. The van der Waals surface area contributed by atoms with E-state index in [1.807, 2.05) is 0 Å². The monoisotopic (exact) mass is 181 g/mol. The van der Waals surface area contributed by atoms with Gasteiger partial charge in [0, 0.05) is 18.3 Å². The van der Waals surface area contributed by atoms with Crippen molar-refractivity contribution in [2.24, 2.45) is 0 Å². The molecule has 1 heteroatoms. The van der Waals surface area contributed by atoms with Crippen molar-refractivity contribution in [3.05, 3.63) is 23.4 Å². The van der Waals surface area contributed by atoms with Gasteiger partial charge in [-0.05, 0) is 47.6 Å². The van der Waals surface area contributed by atoms with Gasteiger partial charge in [0.15, 0.2) is 0 Å². The Morgan fingerprint density at radius 2 is 1.85 bits per heavy atom. The van der Waals surface area contributed by atoms with Crippen LogP contribution < -0.4 is 0 Å². The Bertz CT molecular complexity index is 195. The molecule has 76 valence electrons. The maximum atomic E-state index is 2.41. The number of allylic oxidation sites excluding steroid dienone is 3. The minimum atomic E-state index is 0.575. The van der Waals surface area contributed by atoms with Crippen LogP contribution in [0.2, 0.25) is 0 Å². The predicted molar refractivity (Wildman–Crippen MR) is 60.7 cm³/mol. The minimum Gasteiger partial charge on any atom is -0.369 e. The zero-order chi connectivity index (χ0) is 10.4. The number of rotatable bonds is 4. The molecule has 0 amide bonds. The molecule has 13 heavy (non-hydrogen) atoms. The first-order chi connectivity index (χ1) is 6.04. The van der Waals surface area contributed by atoms with Crippen molar-refractivity contribution < 1.29 is 0 Å². The molecule has 0 fully saturated rings. The second kappa shape index (κ2) is 5.85. The Hall–Kier alpha value is -0.720. The molecule has 0 rings (SSSR count). The summed E-state index contributed by atoms with van der Waals surface area (Å²) in [5.41, 5.74) is 2.74. The molecule has 0 saturated carbocycles. The fourth-order valence-electron chi connectivity index (χ4n) is 1.52. The molecule has 0 heterocycles. The molecule has 0 radical (unpaired) electrons. The van der Waals surface area contributed by atoms with E-state index in [1.165, 1.54) is 11.3 Å². The van der Waals surface area contributed by atoms with Gasteiger partial charge < -0.3 is 4.90 Å². The van der Waals surface area contributed by atoms with E-state index in [0.717, 1.165) is 6.54 Å². The SMILES string of the molecule is C/C=C\C(=C(C)C)N(CC)C(C)C. The zero-order valence-electron chi connectivity index (χ0n) is 9.89. The molecule has 0 aromatic carbocycles. The summed E-state index contributed by atoms with van der Waals surface area (Å²) in [6, 6.07) is 0.575. The molecule has 0 unspecified atom stereocenters. The summed E-state index contributed by atoms with van der Waals surface area (Å²) in [7, 11) is 0. The van der Waals surface area contributed by atoms with Gasteiger partial charge in [-0.3, -0.25) is 0 Å². The maximum absolute atomic E-state index is 2.41. The van der Waals surface area contributed by atoms with Crippen LogP contribution in [0.1, 0.15) is 41.5 Å². The van der Waals surface area contributed by atoms with Crippen LogP contribution in [0.5, 0.6) is 0 Å². The summed E-state index contributed by atoms with van der Waals surface area (Å²) >= 11 is 0. The van der Waals surface area contributed by atoms with Crippen molar-refractivity contribution in [2.45, 2.75) is 47.6 Å².